The van der Waals surface area contributed by atoms with Gasteiger partial charge in [0.05, 0.1) is 17.0 Å². The van der Waals surface area contributed by atoms with Crippen LogP contribution in [-0.2, 0) is 28.0 Å². The molecule has 3 aromatic rings. The van der Waals surface area contributed by atoms with Crippen molar-refractivity contribution in [3.8, 4) is 0 Å². The summed E-state index contributed by atoms with van der Waals surface area (Å²) in [6.07, 6.45) is -3.11. The number of amides is 1. The largest absolute Gasteiger partial charge is 0.416 e. The number of nitrogens with one attached hydrogen (secondary N) is 2. The van der Waals surface area contributed by atoms with E-state index < -0.39 is 39.1 Å². The molecular weight excluding hydrogens is 455 g/mol. The lowest BCUT2D eigenvalue weighted by Crippen LogP contribution is -2.33. The Hall–Kier alpha value is -2.90. The molecule has 13 heteroatoms. The number of hydrogen-bond acceptors (Lipinski definition) is 6. The van der Waals surface area contributed by atoms with Crippen LogP contribution in [0.3, 0.4) is 0 Å². The molecule has 0 aliphatic rings. The van der Waals surface area contributed by atoms with E-state index in [1.165, 1.54) is 11.8 Å². The maximum atomic E-state index is 12.8. The minimum atomic E-state index is -4.68. The second-order valence-corrected chi connectivity index (χ2v) is 9.06. The van der Waals surface area contributed by atoms with Gasteiger partial charge in [0.1, 0.15) is 6.33 Å². The maximum Gasteiger partial charge on any atom is 0.416 e. The van der Waals surface area contributed by atoms with Crippen molar-refractivity contribution in [2.24, 2.45) is 7.05 Å². The van der Waals surface area contributed by atoms with Gasteiger partial charge >= 0.3 is 6.18 Å². The van der Waals surface area contributed by atoms with Crippen LogP contribution >= 0.6 is 11.8 Å². The molecule has 0 bridgehead atoms. The fraction of sp³-hybridized carbons (Fsp3) is 0.167. The summed E-state index contributed by atoms with van der Waals surface area (Å²) in [5, 5.41) is 10.9. The van der Waals surface area contributed by atoms with Crippen LogP contribution in [0.5, 0.6) is 0 Å². The molecule has 1 aromatic heterocycles. The van der Waals surface area contributed by atoms with Gasteiger partial charge in [0.25, 0.3) is 0 Å². The van der Waals surface area contributed by atoms with E-state index in [1.807, 2.05) is 4.72 Å². The summed E-state index contributed by atoms with van der Waals surface area (Å²) in [4.78, 5) is 12.3. The minimum absolute atomic E-state index is 0.422. The number of sulfonamides is 1. The molecule has 0 spiro atoms. The van der Waals surface area contributed by atoms with Crippen molar-refractivity contribution in [1.29, 1.82) is 0 Å². The molecule has 0 aliphatic heterocycles. The Morgan fingerprint density at radius 3 is 2.48 bits per heavy atom. The summed E-state index contributed by atoms with van der Waals surface area (Å²) in [5.74, 6) is -0.677. The van der Waals surface area contributed by atoms with Crippen LogP contribution in [-0.4, -0.2) is 35.6 Å². The number of aryl methyl sites for hydroxylation is 1. The SMILES string of the molecule is Cn1cnnc1Sc1ccc(NC(=O)CNS(=O)(=O)c2cccc(C(F)(F)F)c2)cc1. The monoisotopic (exact) mass is 471 g/mol. The minimum Gasteiger partial charge on any atom is -0.325 e. The van der Waals surface area contributed by atoms with Crippen molar-refractivity contribution in [1.82, 2.24) is 19.5 Å². The summed E-state index contributed by atoms with van der Waals surface area (Å²) in [6.45, 7) is -0.645. The number of rotatable bonds is 7. The number of benzene rings is 2. The summed E-state index contributed by atoms with van der Waals surface area (Å²) in [5.41, 5.74) is -0.676. The number of carbonyl (C=O) groups excluding carboxylic acids is 1. The van der Waals surface area contributed by atoms with E-state index in [1.54, 1.807) is 42.2 Å². The summed E-state index contributed by atoms with van der Waals surface area (Å²) < 4.78 is 66.5. The Labute approximate surface area is 179 Å². The van der Waals surface area contributed by atoms with Crippen LogP contribution in [0.25, 0.3) is 0 Å². The molecule has 1 heterocycles. The average molecular weight is 471 g/mol. The highest BCUT2D eigenvalue weighted by atomic mass is 32.2. The molecule has 164 valence electrons. The lowest BCUT2D eigenvalue weighted by atomic mass is 10.2. The van der Waals surface area contributed by atoms with Crippen molar-refractivity contribution in [3.05, 3.63) is 60.4 Å². The number of anilines is 1. The number of halogens is 3. The molecule has 2 aromatic carbocycles. The Morgan fingerprint density at radius 1 is 1.16 bits per heavy atom. The zero-order valence-electron chi connectivity index (χ0n) is 15.9. The first-order valence-corrected chi connectivity index (χ1v) is 10.9. The molecule has 0 saturated heterocycles. The zero-order chi connectivity index (χ0) is 22.6. The highest BCUT2D eigenvalue weighted by Crippen LogP contribution is 2.30. The second-order valence-electron chi connectivity index (χ2n) is 6.25. The van der Waals surface area contributed by atoms with Gasteiger partial charge in [-0.05, 0) is 54.2 Å². The first kappa shape index (κ1) is 22.8. The van der Waals surface area contributed by atoms with Crippen LogP contribution in [0.15, 0.2) is 69.8 Å². The number of nitrogens with zero attached hydrogens (tertiary/aromatic N) is 3. The Balaban J connectivity index is 1.58. The van der Waals surface area contributed by atoms with Crippen LogP contribution < -0.4 is 10.0 Å². The van der Waals surface area contributed by atoms with E-state index in [0.717, 1.165) is 23.1 Å². The zero-order valence-corrected chi connectivity index (χ0v) is 17.6. The fourth-order valence-electron chi connectivity index (χ4n) is 2.37. The number of aromatic nitrogens is 3. The molecule has 0 radical (unpaired) electrons. The predicted octanol–water partition coefficient (Wildman–Crippen LogP) is 2.90. The summed E-state index contributed by atoms with van der Waals surface area (Å²) >= 11 is 1.37. The number of hydrogen-bond donors (Lipinski definition) is 2. The normalized spacial score (nSPS) is 12.0. The van der Waals surface area contributed by atoms with Gasteiger partial charge in [-0.15, -0.1) is 10.2 Å². The quantitative estimate of drug-likeness (QED) is 0.549. The first-order chi connectivity index (χ1) is 14.5. The smallest absolute Gasteiger partial charge is 0.325 e. The third-order valence-electron chi connectivity index (χ3n) is 3.91. The third-order valence-corrected chi connectivity index (χ3v) is 6.37. The second kappa shape index (κ2) is 9.08. The van der Waals surface area contributed by atoms with Gasteiger partial charge in [0, 0.05) is 17.6 Å². The van der Waals surface area contributed by atoms with Crippen molar-refractivity contribution < 1.29 is 26.4 Å². The van der Waals surface area contributed by atoms with E-state index in [4.69, 9.17) is 0 Å². The molecule has 2 N–H and O–H groups in total. The average Bonchev–Trinajstić information content (AvgIpc) is 3.12. The lowest BCUT2D eigenvalue weighted by Gasteiger charge is -2.11. The molecule has 3 rings (SSSR count). The molecule has 0 aliphatic carbocycles. The fourth-order valence-corrected chi connectivity index (χ4v) is 4.16. The molecule has 0 unspecified atom stereocenters. The van der Waals surface area contributed by atoms with Gasteiger partial charge in [-0.1, -0.05) is 6.07 Å². The Bertz CT molecular complexity index is 1180. The van der Waals surface area contributed by atoms with Crippen LogP contribution in [0, 0.1) is 0 Å². The lowest BCUT2D eigenvalue weighted by molar-refractivity contribution is -0.137. The van der Waals surface area contributed by atoms with Crippen molar-refractivity contribution in [3.63, 3.8) is 0 Å². The van der Waals surface area contributed by atoms with E-state index >= 15 is 0 Å². The Morgan fingerprint density at radius 2 is 1.87 bits per heavy atom. The van der Waals surface area contributed by atoms with Crippen LogP contribution in [0.1, 0.15) is 5.56 Å². The van der Waals surface area contributed by atoms with Gasteiger partial charge in [-0.2, -0.15) is 13.2 Å². The first-order valence-electron chi connectivity index (χ1n) is 8.63. The van der Waals surface area contributed by atoms with E-state index in [-0.39, 0.29) is 0 Å². The maximum absolute atomic E-state index is 12.8. The predicted molar refractivity (Wildman–Crippen MR) is 107 cm³/mol. The van der Waals surface area contributed by atoms with Crippen LogP contribution in [0.4, 0.5) is 18.9 Å². The van der Waals surface area contributed by atoms with Gasteiger partial charge in [-0.3, -0.25) is 4.79 Å². The van der Waals surface area contributed by atoms with E-state index in [2.05, 4.69) is 15.5 Å². The highest BCUT2D eigenvalue weighted by Gasteiger charge is 2.31. The van der Waals surface area contributed by atoms with E-state index in [9.17, 15) is 26.4 Å². The van der Waals surface area contributed by atoms with Gasteiger partial charge in [-0.25, -0.2) is 13.1 Å². The molecule has 31 heavy (non-hydrogen) atoms. The van der Waals surface area contributed by atoms with Crippen LogP contribution in [0.2, 0.25) is 0 Å². The van der Waals surface area contributed by atoms with Gasteiger partial charge in [0.2, 0.25) is 15.9 Å². The molecule has 1 amide bonds. The van der Waals surface area contributed by atoms with Crippen molar-refractivity contribution in [2.75, 3.05) is 11.9 Å². The molecule has 0 fully saturated rings. The Kier molecular flexibility index (Phi) is 6.67. The molecule has 0 saturated carbocycles. The summed E-state index contributed by atoms with van der Waals surface area (Å²) in [7, 11) is -2.50. The standard InChI is InChI=1S/C18H16F3N5O3S2/c1-26-11-22-25-17(26)30-14-7-5-13(6-8-14)24-16(27)10-23-31(28,29)15-4-2-3-12(9-15)18(19,20)21/h2-9,11,23H,10H2,1H3,(H,24,27). The van der Waals surface area contributed by atoms with Crippen molar-refractivity contribution >= 4 is 33.4 Å². The summed E-state index contributed by atoms with van der Waals surface area (Å²) in [6, 6.07) is 9.99. The molecular formula is C18H16F3N5O3S2. The van der Waals surface area contributed by atoms with Gasteiger partial charge in [0.15, 0.2) is 5.16 Å². The van der Waals surface area contributed by atoms with E-state index in [0.29, 0.717) is 16.9 Å². The third kappa shape index (κ3) is 6.06. The number of alkyl halides is 3. The highest BCUT2D eigenvalue weighted by molar-refractivity contribution is 7.99. The van der Waals surface area contributed by atoms with Crippen molar-refractivity contribution in [2.45, 2.75) is 21.1 Å². The topological polar surface area (TPSA) is 106 Å². The van der Waals surface area contributed by atoms with Gasteiger partial charge < -0.3 is 9.88 Å². The molecule has 0 atom stereocenters. The number of carbonyl (C=O) groups is 1. The molecule has 8 nitrogen and oxygen atoms in total.